The molecule has 1 rings (SSSR count). The van der Waals surface area contributed by atoms with Crippen LogP contribution in [0, 0.1) is 0 Å². The first-order chi connectivity index (χ1) is 5.85. The minimum Gasteiger partial charge on any atom is -0.151 e. The molecule has 1 heteroatoms. The Morgan fingerprint density at radius 2 is 1.67 bits per heavy atom. The number of hydrogen-bond acceptors (Lipinski definition) is 1. The minimum absolute atomic E-state index is 1.19. The average molecular weight is 180 g/mol. The van der Waals surface area contributed by atoms with Gasteiger partial charge in [0.2, 0.25) is 0 Å². The molecule has 0 aromatic heterocycles. The highest BCUT2D eigenvalue weighted by molar-refractivity contribution is 7.83. The maximum Gasteiger partial charge on any atom is -0.0252 e. The zero-order valence-corrected chi connectivity index (χ0v) is 8.59. The lowest BCUT2D eigenvalue weighted by Crippen LogP contribution is -1.64. The highest BCUT2D eigenvalue weighted by Crippen LogP contribution is 2.00. The van der Waals surface area contributed by atoms with Gasteiger partial charge in [-0.3, -0.25) is 0 Å². The van der Waals surface area contributed by atoms with E-state index in [4.69, 9.17) is 0 Å². The maximum absolute atomic E-state index is 3.95. The van der Waals surface area contributed by atoms with E-state index in [0.717, 1.165) is 0 Å². The standard InChI is InChI=1S/C8H8S.C3H8/c9-7-6-8-4-2-1-3-5-8;1-3-2/h1-7,9H;3H2,1-2H3/b7-6+;. The molecule has 0 bridgehead atoms. The van der Waals surface area contributed by atoms with Crippen molar-refractivity contribution in [1.82, 2.24) is 0 Å². The van der Waals surface area contributed by atoms with Gasteiger partial charge in [-0.1, -0.05) is 50.6 Å². The van der Waals surface area contributed by atoms with Crippen LogP contribution < -0.4 is 0 Å². The van der Waals surface area contributed by atoms with Gasteiger partial charge < -0.3 is 0 Å². The van der Waals surface area contributed by atoms with E-state index < -0.39 is 0 Å². The molecule has 0 atom stereocenters. The van der Waals surface area contributed by atoms with Crippen molar-refractivity contribution in [3.63, 3.8) is 0 Å². The lowest BCUT2D eigenvalue weighted by atomic mass is 10.2. The summed E-state index contributed by atoms with van der Waals surface area (Å²) in [4.78, 5) is 0. The summed E-state index contributed by atoms with van der Waals surface area (Å²) in [6.07, 6.45) is 3.20. The molecule has 0 spiro atoms. The molecule has 0 unspecified atom stereocenters. The van der Waals surface area contributed by atoms with Crippen molar-refractivity contribution in [2.45, 2.75) is 20.3 Å². The largest absolute Gasteiger partial charge is 0.151 e. The van der Waals surface area contributed by atoms with Crippen molar-refractivity contribution in [3.8, 4) is 0 Å². The molecule has 66 valence electrons. The van der Waals surface area contributed by atoms with Crippen LogP contribution >= 0.6 is 12.6 Å². The monoisotopic (exact) mass is 180 g/mol. The molecule has 0 nitrogen and oxygen atoms in total. The normalized spacial score (nSPS) is 9.25. The molecule has 0 saturated heterocycles. The second-order valence-electron chi connectivity index (χ2n) is 2.43. The van der Waals surface area contributed by atoms with Crippen LogP contribution in [0.4, 0.5) is 0 Å². The van der Waals surface area contributed by atoms with E-state index in [9.17, 15) is 0 Å². The molecule has 0 aliphatic heterocycles. The van der Waals surface area contributed by atoms with Gasteiger partial charge in [-0.25, -0.2) is 0 Å². The highest BCUT2D eigenvalue weighted by Gasteiger charge is 1.77. The van der Waals surface area contributed by atoms with Crippen LogP contribution in [0.15, 0.2) is 35.7 Å². The third kappa shape index (κ3) is 6.05. The maximum atomic E-state index is 3.95. The van der Waals surface area contributed by atoms with Gasteiger partial charge in [-0.05, 0) is 17.0 Å². The number of benzene rings is 1. The Labute approximate surface area is 80.7 Å². The van der Waals surface area contributed by atoms with Crippen molar-refractivity contribution in [1.29, 1.82) is 0 Å². The van der Waals surface area contributed by atoms with E-state index >= 15 is 0 Å². The van der Waals surface area contributed by atoms with Gasteiger partial charge in [-0.2, -0.15) is 12.6 Å². The van der Waals surface area contributed by atoms with Crippen molar-refractivity contribution in [2.24, 2.45) is 0 Å². The molecule has 1 aromatic rings. The van der Waals surface area contributed by atoms with E-state index in [-0.39, 0.29) is 0 Å². The third-order valence-corrected chi connectivity index (χ3v) is 1.22. The van der Waals surface area contributed by atoms with Crippen LogP contribution in [0.25, 0.3) is 6.08 Å². The van der Waals surface area contributed by atoms with Crippen LogP contribution in [0.3, 0.4) is 0 Å². The van der Waals surface area contributed by atoms with Gasteiger partial charge >= 0.3 is 0 Å². The smallest absolute Gasteiger partial charge is 0.0252 e. The Morgan fingerprint density at radius 3 is 2.08 bits per heavy atom. The number of rotatable bonds is 1. The van der Waals surface area contributed by atoms with Gasteiger partial charge in [0.15, 0.2) is 0 Å². The topological polar surface area (TPSA) is 0 Å². The minimum atomic E-state index is 1.19. The van der Waals surface area contributed by atoms with Crippen molar-refractivity contribution in [2.75, 3.05) is 0 Å². The van der Waals surface area contributed by atoms with Gasteiger partial charge in [0.05, 0.1) is 0 Å². The van der Waals surface area contributed by atoms with Crippen molar-refractivity contribution < 1.29 is 0 Å². The van der Waals surface area contributed by atoms with Gasteiger partial charge in [0, 0.05) is 0 Å². The van der Waals surface area contributed by atoms with Crippen molar-refractivity contribution >= 4 is 18.7 Å². The quantitative estimate of drug-likeness (QED) is 0.620. The Balaban J connectivity index is 0.000000354. The Morgan fingerprint density at radius 1 is 1.17 bits per heavy atom. The lowest BCUT2D eigenvalue weighted by molar-refractivity contribution is 1.09. The first-order valence-electron chi connectivity index (χ1n) is 4.21. The summed E-state index contributed by atoms with van der Waals surface area (Å²) in [7, 11) is 0. The first kappa shape index (κ1) is 11.3. The molecule has 0 heterocycles. The Hall–Kier alpha value is -0.690. The number of thiol groups is 1. The zero-order valence-electron chi connectivity index (χ0n) is 7.70. The fourth-order valence-electron chi connectivity index (χ4n) is 0.650. The average Bonchev–Trinajstić information content (AvgIpc) is 2.08. The highest BCUT2D eigenvalue weighted by atomic mass is 32.1. The van der Waals surface area contributed by atoms with Crippen LogP contribution in [-0.2, 0) is 0 Å². The summed E-state index contributed by atoms with van der Waals surface area (Å²) in [6, 6.07) is 10.1. The molecule has 0 aliphatic carbocycles. The van der Waals surface area contributed by atoms with Gasteiger partial charge in [0.25, 0.3) is 0 Å². The third-order valence-electron chi connectivity index (χ3n) is 1.07. The predicted octanol–water partition coefficient (Wildman–Crippen LogP) is 4.00. The van der Waals surface area contributed by atoms with E-state index in [2.05, 4.69) is 26.5 Å². The summed E-state index contributed by atoms with van der Waals surface area (Å²) in [5.74, 6) is 0. The molecule has 0 amide bonds. The predicted molar refractivity (Wildman–Crippen MR) is 60.4 cm³/mol. The number of hydrogen-bond donors (Lipinski definition) is 1. The van der Waals surface area contributed by atoms with Gasteiger partial charge in [-0.15, -0.1) is 0 Å². The van der Waals surface area contributed by atoms with Gasteiger partial charge in [0.1, 0.15) is 0 Å². The Kier molecular flexibility index (Phi) is 7.92. The molecule has 0 aliphatic rings. The summed E-state index contributed by atoms with van der Waals surface area (Å²) in [5, 5.41) is 1.73. The second kappa shape index (κ2) is 8.41. The first-order valence-corrected chi connectivity index (χ1v) is 4.72. The van der Waals surface area contributed by atoms with Crippen molar-refractivity contribution in [3.05, 3.63) is 41.3 Å². The summed E-state index contributed by atoms with van der Waals surface area (Å²) in [5.41, 5.74) is 1.19. The molecule has 1 aromatic carbocycles. The molecule has 0 saturated carbocycles. The molecular weight excluding hydrogens is 164 g/mol. The van der Waals surface area contributed by atoms with E-state index in [0.29, 0.717) is 0 Å². The van der Waals surface area contributed by atoms with E-state index in [1.165, 1.54) is 12.0 Å². The SMILES string of the molecule is CCC.S/C=C/c1ccccc1. The van der Waals surface area contributed by atoms with Crippen LogP contribution in [0.1, 0.15) is 25.8 Å². The van der Waals surface area contributed by atoms with E-state index in [1.807, 2.05) is 36.4 Å². The van der Waals surface area contributed by atoms with Crippen LogP contribution in [0.2, 0.25) is 0 Å². The fraction of sp³-hybridized carbons (Fsp3) is 0.273. The fourth-order valence-corrected chi connectivity index (χ4v) is 0.822. The second-order valence-corrected chi connectivity index (χ2v) is 2.73. The van der Waals surface area contributed by atoms with Crippen LogP contribution in [0.5, 0.6) is 0 Å². The Bertz CT molecular complexity index is 202. The lowest BCUT2D eigenvalue weighted by Gasteiger charge is -1.86. The van der Waals surface area contributed by atoms with Crippen LogP contribution in [-0.4, -0.2) is 0 Å². The molecule has 0 N–H and O–H groups in total. The zero-order chi connectivity index (χ0) is 9.23. The molecule has 0 radical (unpaired) electrons. The summed E-state index contributed by atoms with van der Waals surface area (Å²) >= 11 is 3.95. The molecule has 12 heavy (non-hydrogen) atoms. The molecular formula is C11H16S. The summed E-state index contributed by atoms with van der Waals surface area (Å²) in [6.45, 7) is 4.25. The van der Waals surface area contributed by atoms with E-state index in [1.54, 1.807) is 5.41 Å². The summed E-state index contributed by atoms with van der Waals surface area (Å²) < 4.78 is 0. The molecule has 0 fully saturated rings.